The Hall–Kier alpha value is -0.940. The van der Waals surface area contributed by atoms with Crippen molar-refractivity contribution in [3.8, 4) is 5.69 Å². The number of nitrogens with zero attached hydrogens (tertiary/aromatic N) is 4. The molecule has 0 aliphatic carbocycles. The van der Waals surface area contributed by atoms with Gasteiger partial charge in [0.2, 0.25) is 0 Å². The van der Waals surface area contributed by atoms with E-state index in [9.17, 15) is 0 Å². The predicted molar refractivity (Wildman–Crippen MR) is 65.9 cm³/mol. The lowest BCUT2D eigenvalue weighted by atomic mass is 10.1. The van der Waals surface area contributed by atoms with E-state index >= 15 is 0 Å². The molecule has 0 N–H and O–H groups in total. The Morgan fingerprint density at radius 3 is 2.50 bits per heavy atom. The number of hydrogen-bond acceptors (Lipinski definition) is 3. The molecule has 16 heavy (non-hydrogen) atoms. The van der Waals surface area contributed by atoms with Gasteiger partial charge in [0, 0.05) is 4.47 Å². The molecule has 84 valence electrons. The van der Waals surface area contributed by atoms with E-state index in [1.165, 1.54) is 0 Å². The summed E-state index contributed by atoms with van der Waals surface area (Å²) in [5.41, 5.74) is 3.22. The first-order chi connectivity index (χ1) is 7.63. The van der Waals surface area contributed by atoms with Gasteiger partial charge in [0.25, 0.3) is 0 Å². The van der Waals surface area contributed by atoms with Crippen molar-refractivity contribution in [1.29, 1.82) is 0 Å². The third-order valence-electron chi connectivity index (χ3n) is 2.32. The number of halogens is 2. The van der Waals surface area contributed by atoms with Gasteiger partial charge in [0.05, 0.1) is 11.6 Å². The van der Waals surface area contributed by atoms with Crippen LogP contribution in [-0.4, -0.2) is 20.2 Å². The zero-order valence-electron chi connectivity index (χ0n) is 8.91. The molecule has 0 atom stereocenters. The van der Waals surface area contributed by atoms with E-state index < -0.39 is 0 Å². The molecule has 2 rings (SSSR count). The normalized spacial score (nSPS) is 10.8. The molecule has 0 saturated carbocycles. The number of alkyl halides is 1. The van der Waals surface area contributed by atoms with Crippen molar-refractivity contribution in [2.75, 3.05) is 0 Å². The van der Waals surface area contributed by atoms with Crippen LogP contribution in [0, 0.1) is 13.8 Å². The largest absolute Gasteiger partial charge is 0.196 e. The van der Waals surface area contributed by atoms with E-state index in [1.54, 1.807) is 4.68 Å². The van der Waals surface area contributed by atoms with Gasteiger partial charge in [-0.2, -0.15) is 4.68 Å². The Labute approximate surface area is 107 Å². The molecule has 0 bridgehead atoms. The quantitative estimate of drug-likeness (QED) is 0.801. The van der Waals surface area contributed by atoms with Crippen molar-refractivity contribution >= 4 is 27.5 Å². The van der Waals surface area contributed by atoms with E-state index in [-0.39, 0.29) is 0 Å². The number of hydrogen-bond donors (Lipinski definition) is 0. The Morgan fingerprint density at radius 2 is 1.94 bits per heavy atom. The van der Waals surface area contributed by atoms with Gasteiger partial charge in [-0.3, -0.25) is 0 Å². The minimum absolute atomic E-state index is 0.293. The van der Waals surface area contributed by atoms with Gasteiger partial charge in [0.15, 0.2) is 5.82 Å². The minimum atomic E-state index is 0.293. The van der Waals surface area contributed by atoms with Crippen LogP contribution in [0.4, 0.5) is 0 Å². The maximum absolute atomic E-state index is 5.76. The number of aryl methyl sites for hydroxylation is 2. The molecule has 1 heterocycles. The van der Waals surface area contributed by atoms with Gasteiger partial charge >= 0.3 is 0 Å². The highest BCUT2D eigenvalue weighted by Gasteiger charge is 2.09. The summed E-state index contributed by atoms with van der Waals surface area (Å²) in [5.74, 6) is 0.934. The fourth-order valence-corrected chi connectivity index (χ4v) is 1.93. The van der Waals surface area contributed by atoms with Gasteiger partial charge < -0.3 is 0 Å². The molecule has 4 nitrogen and oxygen atoms in total. The number of tetrazole rings is 1. The van der Waals surface area contributed by atoms with Crippen LogP contribution < -0.4 is 0 Å². The van der Waals surface area contributed by atoms with Crippen LogP contribution in [0.2, 0.25) is 0 Å². The van der Waals surface area contributed by atoms with Crippen LogP contribution in [0.1, 0.15) is 17.0 Å². The Kier molecular flexibility index (Phi) is 3.25. The third kappa shape index (κ3) is 1.97. The summed E-state index contributed by atoms with van der Waals surface area (Å²) in [6, 6.07) is 4.03. The van der Waals surface area contributed by atoms with Crippen LogP contribution in [0.25, 0.3) is 5.69 Å². The molecule has 0 unspecified atom stereocenters. The predicted octanol–water partition coefficient (Wildman–Crippen LogP) is 2.78. The Morgan fingerprint density at radius 1 is 1.31 bits per heavy atom. The lowest BCUT2D eigenvalue weighted by Gasteiger charge is -2.08. The third-order valence-corrected chi connectivity index (χ3v) is 3.81. The molecule has 0 radical (unpaired) electrons. The van der Waals surface area contributed by atoms with Crippen molar-refractivity contribution in [2.45, 2.75) is 19.7 Å². The summed E-state index contributed by atoms with van der Waals surface area (Å²) in [4.78, 5) is 0. The van der Waals surface area contributed by atoms with E-state index in [1.807, 2.05) is 26.0 Å². The maximum Gasteiger partial charge on any atom is 0.171 e. The molecule has 2 aromatic rings. The second-order valence-electron chi connectivity index (χ2n) is 3.53. The van der Waals surface area contributed by atoms with Crippen molar-refractivity contribution in [3.63, 3.8) is 0 Å². The Bertz CT molecular complexity index is 500. The fraction of sp³-hybridized carbons (Fsp3) is 0.300. The molecule has 0 spiro atoms. The average Bonchev–Trinajstić information content (AvgIpc) is 2.73. The molecule has 0 aliphatic rings. The monoisotopic (exact) mass is 300 g/mol. The van der Waals surface area contributed by atoms with Crippen LogP contribution in [0.3, 0.4) is 0 Å². The fourth-order valence-electron chi connectivity index (χ4n) is 1.53. The van der Waals surface area contributed by atoms with Crippen molar-refractivity contribution in [1.82, 2.24) is 20.2 Å². The lowest BCUT2D eigenvalue weighted by Crippen LogP contribution is -2.02. The highest BCUT2D eigenvalue weighted by molar-refractivity contribution is 9.10. The van der Waals surface area contributed by atoms with Crippen LogP contribution in [0.15, 0.2) is 16.6 Å². The average molecular weight is 302 g/mol. The van der Waals surface area contributed by atoms with Crippen molar-refractivity contribution in [2.24, 2.45) is 0 Å². The molecular weight excluding hydrogens is 291 g/mol. The van der Waals surface area contributed by atoms with Gasteiger partial charge in [-0.1, -0.05) is 15.9 Å². The smallest absolute Gasteiger partial charge is 0.171 e. The second-order valence-corrected chi connectivity index (χ2v) is 4.59. The summed E-state index contributed by atoms with van der Waals surface area (Å²) < 4.78 is 2.76. The van der Waals surface area contributed by atoms with E-state index in [4.69, 9.17) is 11.6 Å². The van der Waals surface area contributed by atoms with Crippen LogP contribution >= 0.6 is 27.5 Å². The SMILES string of the molecule is Cc1cc(-n2nnnc2CCl)cc(C)c1Br. The van der Waals surface area contributed by atoms with Gasteiger partial charge in [-0.05, 0) is 47.5 Å². The summed E-state index contributed by atoms with van der Waals surface area (Å²) >= 11 is 9.29. The molecule has 0 saturated heterocycles. The van der Waals surface area contributed by atoms with Gasteiger partial charge in [-0.15, -0.1) is 16.7 Å². The highest BCUT2D eigenvalue weighted by Crippen LogP contribution is 2.24. The molecule has 0 aliphatic heterocycles. The van der Waals surface area contributed by atoms with Gasteiger partial charge in [-0.25, -0.2) is 0 Å². The topological polar surface area (TPSA) is 43.6 Å². The molecule has 1 aromatic carbocycles. The summed E-state index contributed by atoms with van der Waals surface area (Å²) in [5, 5.41) is 11.4. The maximum atomic E-state index is 5.76. The standard InChI is InChI=1S/C10H10BrClN4/c1-6-3-8(4-7(2)10(6)11)16-9(5-12)13-14-15-16/h3-4H,5H2,1-2H3. The second kappa shape index (κ2) is 4.51. The highest BCUT2D eigenvalue weighted by atomic mass is 79.9. The van der Waals surface area contributed by atoms with E-state index in [0.717, 1.165) is 21.3 Å². The van der Waals surface area contributed by atoms with Crippen LogP contribution in [0.5, 0.6) is 0 Å². The summed E-state index contributed by atoms with van der Waals surface area (Å²) in [6.07, 6.45) is 0. The number of rotatable bonds is 2. The molecule has 0 amide bonds. The number of benzene rings is 1. The molecular formula is C10H10BrClN4. The molecule has 1 aromatic heterocycles. The first kappa shape index (κ1) is 11.5. The zero-order valence-corrected chi connectivity index (χ0v) is 11.2. The van der Waals surface area contributed by atoms with Crippen LogP contribution in [-0.2, 0) is 5.88 Å². The summed E-state index contributed by atoms with van der Waals surface area (Å²) in [6.45, 7) is 4.07. The Balaban J connectivity index is 2.57. The first-order valence-electron chi connectivity index (χ1n) is 4.74. The molecule has 0 fully saturated rings. The summed E-state index contributed by atoms with van der Waals surface area (Å²) in [7, 11) is 0. The lowest BCUT2D eigenvalue weighted by molar-refractivity contribution is 0.775. The van der Waals surface area contributed by atoms with E-state index in [2.05, 4.69) is 31.5 Å². The number of aromatic nitrogens is 4. The zero-order chi connectivity index (χ0) is 11.7. The minimum Gasteiger partial charge on any atom is -0.196 e. The first-order valence-corrected chi connectivity index (χ1v) is 6.06. The molecule has 6 heteroatoms. The van der Waals surface area contributed by atoms with Gasteiger partial charge in [0.1, 0.15) is 0 Å². The van der Waals surface area contributed by atoms with Crippen molar-refractivity contribution in [3.05, 3.63) is 33.6 Å². The van der Waals surface area contributed by atoms with Crippen molar-refractivity contribution < 1.29 is 0 Å². The van der Waals surface area contributed by atoms with E-state index in [0.29, 0.717) is 11.7 Å².